The van der Waals surface area contributed by atoms with Gasteiger partial charge in [0.05, 0.1) is 18.1 Å². The van der Waals surface area contributed by atoms with Crippen molar-refractivity contribution in [3.05, 3.63) is 57.3 Å². The smallest absolute Gasteiger partial charge is 0.304 e. The summed E-state index contributed by atoms with van der Waals surface area (Å²) in [7, 11) is 0. The largest absolute Gasteiger partial charge is 0.492 e. The first kappa shape index (κ1) is 16.9. The molecule has 1 aliphatic heterocycles. The first-order valence-corrected chi connectivity index (χ1v) is 7.94. The van der Waals surface area contributed by atoms with Crippen LogP contribution < -0.4 is 9.47 Å². The highest BCUT2D eigenvalue weighted by atomic mass is 35.5. The van der Waals surface area contributed by atoms with Gasteiger partial charge in [-0.2, -0.15) is 0 Å². The van der Waals surface area contributed by atoms with Gasteiger partial charge in [0.2, 0.25) is 0 Å². The Hall–Kier alpha value is -1.98. The molecule has 0 aliphatic carbocycles. The maximum Gasteiger partial charge on any atom is 0.304 e. The van der Waals surface area contributed by atoms with Crippen molar-refractivity contribution in [1.29, 1.82) is 0 Å². The second-order valence-corrected chi connectivity index (χ2v) is 6.27. The van der Waals surface area contributed by atoms with Crippen LogP contribution in [0.2, 0.25) is 10.0 Å². The Morgan fingerprint density at radius 3 is 2.83 bits per heavy atom. The van der Waals surface area contributed by atoms with Crippen molar-refractivity contribution in [2.75, 3.05) is 6.61 Å². The highest BCUT2D eigenvalue weighted by molar-refractivity contribution is 6.35. The molecule has 1 heterocycles. The summed E-state index contributed by atoms with van der Waals surface area (Å²) in [6.45, 7) is 0.406. The van der Waals surface area contributed by atoms with Gasteiger partial charge in [-0.3, -0.25) is 4.79 Å². The van der Waals surface area contributed by atoms with E-state index in [4.69, 9.17) is 37.8 Å². The molecule has 0 amide bonds. The van der Waals surface area contributed by atoms with E-state index in [9.17, 15) is 9.18 Å². The lowest BCUT2D eigenvalue weighted by molar-refractivity contribution is -0.137. The minimum absolute atomic E-state index is 0.0207. The number of halogens is 3. The zero-order valence-electron chi connectivity index (χ0n) is 12.4. The van der Waals surface area contributed by atoms with Gasteiger partial charge in [0.1, 0.15) is 23.9 Å². The lowest BCUT2D eigenvalue weighted by atomic mass is 9.98. The van der Waals surface area contributed by atoms with Crippen LogP contribution in [0.4, 0.5) is 4.39 Å². The summed E-state index contributed by atoms with van der Waals surface area (Å²) in [4.78, 5) is 10.8. The molecule has 2 aromatic carbocycles. The Bertz CT molecular complexity index is 794. The van der Waals surface area contributed by atoms with Gasteiger partial charge in [-0.25, -0.2) is 4.39 Å². The minimum Gasteiger partial charge on any atom is -0.492 e. The van der Waals surface area contributed by atoms with Crippen molar-refractivity contribution in [2.24, 2.45) is 0 Å². The maximum absolute atomic E-state index is 13.5. The van der Waals surface area contributed by atoms with Gasteiger partial charge in [0.25, 0.3) is 0 Å². The molecule has 0 unspecified atom stereocenters. The number of hydrogen-bond donors (Lipinski definition) is 1. The predicted molar refractivity (Wildman–Crippen MR) is 87.7 cm³/mol. The average Bonchev–Trinajstić information content (AvgIpc) is 2.91. The molecule has 3 rings (SSSR count). The van der Waals surface area contributed by atoms with E-state index in [0.717, 1.165) is 5.56 Å². The molecule has 0 saturated carbocycles. The lowest BCUT2D eigenvalue weighted by Crippen LogP contribution is -2.07. The molecule has 2 aromatic rings. The zero-order chi connectivity index (χ0) is 17.3. The van der Waals surface area contributed by atoms with E-state index in [1.165, 1.54) is 12.1 Å². The van der Waals surface area contributed by atoms with Gasteiger partial charge < -0.3 is 14.6 Å². The van der Waals surface area contributed by atoms with E-state index in [1.54, 1.807) is 18.2 Å². The number of hydrogen-bond acceptors (Lipinski definition) is 3. The standard InChI is InChI=1S/C17H13Cl2FO4/c18-13-6-14(19)15(20)3-10(13)8-23-11-1-2-12-9(4-17(21)22)7-24-16(12)5-11/h1-3,5-6,9H,4,7-8H2,(H,21,22)/t9-/m1/s1. The Labute approximate surface area is 147 Å². The molecule has 24 heavy (non-hydrogen) atoms. The van der Waals surface area contributed by atoms with Gasteiger partial charge in [0, 0.05) is 28.1 Å². The molecule has 4 nitrogen and oxygen atoms in total. The molecule has 1 aliphatic rings. The van der Waals surface area contributed by atoms with E-state index in [2.05, 4.69) is 0 Å². The van der Waals surface area contributed by atoms with Crippen LogP contribution in [0.1, 0.15) is 23.5 Å². The summed E-state index contributed by atoms with van der Waals surface area (Å²) in [6, 6.07) is 7.77. The molecule has 0 aromatic heterocycles. The summed E-state index contributed by atoms with van der Waals surface area (Å²) in [6.07, 6.45) is 0.0207. The molecule has 0 radical (unpaired) electrons. The van der Waals surface area contributed by atoms with E-state index in [1.807, 2.05) is 0 Å². The van der Waals surface area contributed by atoms with Crippen LogP contribution in [0.25, 0.3) is 0 Å². The fourth-order valence-corrected chi connectivity index (χ4v) is 3.00. The molecule has 0 bridgehead atoms. The van der Waals surface area contributed by atoms with Crippen molar-refractivity contribution in [2.45, 2.75) is 18.9 Å². The van der Waals surface area contributed by atoms with Crippen molar-refractivity contribution in [3.8, 4) is 11.5 Å². The average molecular weight is 371 g/mol. The third-order valence-corrected chi connectivity index (χ3v) is 4.41. The van der Waals surface area contributed by atoms with E-state index in [-0.39, 0.29) is 24.0 Å². The van der Waals surface area contributed by atoms with Crippen LogP contribution in [0.15, 0.2) is 30.3 Å². The van der Waals surface area contributed by atoms with Gasteiger partial charge >= 0.3 is 5.97 Å². The highest BCUT2D eigenvalue weighted by Gasteiger charge is 2.26. The Morgan fingerprint density at radius 2 is 2.08 bits per heavy atom. The molecular formula is C17H13Cl2FO4. The minimum atomic E-state index is -0.865. The van der Waals surface area contributed by atoms with E-state index >= 15 is 0 Å². The van der Waals surface area contributed by atoms with Gasteiger partial charge in [0.15, 0.2) is 0 Å². The second-order valence-electron chi connectivity index (χ2n) is 5.45. The van der Waals surface area contributed by atoms with Crippen LogP contribution in [0, 0.1) is 5.82 Å². The molecule has 126 valence electrons. The Kier molecular flexibility index (Phi) is 4.83. The van der Waals surface area contributed by atoms with Gasteiger partial charge in [-0.15, -0.1) is 0 Å². The number of benzene rings is 2. The molecule has 0 saturated heterocycles. The van der Waals surface area contributed by atoms with Crippen LogP contribution in [0.5, 0.6) is 11.5 Å². The molecule has 0 fully saturated rings. The van der Waals surface area contributed by atoms with Crippen LogP contribution in [-0.4, -0.2) is 17.7 Å². The van der Waals surface area contributed by atoms with E-state index in [0.29, 0.717) is 28.7 Å². The predicted octanol–water partition coefficient (Wildman–Crippen LogP) is 4.66. The summed E-state index contributed by atoms with van der Waals surface area (Å²) in [5.41, 5.74) is 1.32. The molecule has 7 heteroatoms. The Morgan fingerprint density at radius 1 is 1.29 bits per heavy atom. The number of carboxylic acids is 1. The molecule has 1 N–H and O–H groups in total. The lowest BCUT2D eigenvalue weighted by Gasteiger charge is -2.10. The van der Waals surface area contributed by atoms with Crippen LogP contribution in [0.3, 0.4) is 0 Å². The van der Waals surface area contributed by atoms with Crippen molar-refractivity contribution < 1.29 is 23.8 Å². The fraction of sp³-hybridized carbons (Fsp3) is 0.235. The van der Waals surface area contributed by atoms with Crippen molar-refractivity contribution in [3.63, 3.8) is 0 Å². The second kappa shape index (κ2) is 6.87. The highest BCUT2D eigenvalue weighted by Crippen LogP contribution is 2.38. The number of fused-ring (bicyclic) bond motifs is 1. The van der Waals surface area contributed by atoms with Crippen LogP contribution in [-0.2, 0) is 11.4 Å². The number of carboxylic acid groups (broad SMARTS) is 1. The SMILES string of the molecule is O=C(O)C[C@@H]1COc2cc(OCc3cc(F)c(Cl)cc3Cl)ccc21. The summed E-state index contributed by atoms with van der Waals surface area (Å²) < 4.78 is 24.6. The van der Waals surface area contributed by atoms with Gasteiger partial charge in [-0.05, 0) is 18.2 Å². The summed E-state index contributed by atoms with van der Waals surface area (Å²) >= 11 is 11.7. The van der Waals surface area contributed by atoms with E-state index < -0.39 is 11.8 Å². The maximum atomic E-state index is 13.5. The first-order valence-electron chi connectivity index (χ1n) is 7.19. The topological polar surface area (TPSA) is 55.8 Å². The van der Waals surface area contributed by atoms with Crippen molar-refractivity contribution >= 4 is 29.2 Å². The third kappa shape index (κ3) is 3.57. The fourth-order valence-electron chi connectivity index (χ4n) is 2.56. The number of aliphatic carboxylic acids is 1. The number of carbonyl (C=O) groups is 1. The summed E-state index contributed by atoms with van der Waals surface area (Å²) in [5.74, 6) is -0.459. The normalized spacial score (nSPS) is 15.7. The quantitative estimate of drug-likeness (QED) is 0.777. The number of rotatable bonds is 5. The Balaban J connectivity index is 1.72. The molecular weight excluding hydrogens is 358 g/mol. The molecule has 1 atom stereocenters. The van der Waals surface area contributed by atoms with Crippen molar-refractivity contribution in [1.82, 2.24) is 0 Å². The molecule has 0 spiro atoms. The third-order valence-electron chi connectivity index (χ3n) is 3.77. The number of ether oxygens (including phenoxy) is 2. The monoisotopic (exact) mass is 370 g/mol. The summed E-state index contributed by atoms with van der Waals surface area (Å²) in [5, 5.41) is 9.18. The first-order chi connectivity index (χ1) is 11.4. The van der Waals surface area contributed by atoms with Crippen LogP contribution >= 0.6 is 23.2 Å². The van der Waals surface area contributed by atoms with Gasteiger partial charge in [-0.1, -0.05) is 29.3 Å². The zero-order valence-corrected chi connectivity index (χ0v) is 13.9.